The summed E-state index contributed by atoms with van der Waals surface area (Å²) in [7, 11) is 0. The summed E-state index contributed by atoms with van der Waals surface area (Å²) < 4.78 is 3.23. The topological polar surface area (TPSA) is 26.3 Å². The highest BCUT2D eigenvalue weighted by molar-refractivity contribution is 6.75. The molecule has 0 saturated heterocycles. The molecule has 0 unspecified atom stereocenters. The van der Waals surface area contributed by atoms with E-state index in [9.17, 15) is 4.79 Å². The van der Waals surface area contributed by atoms with Crippen LogP contribution in [0.4, 0.5) is 0 Å². The van der Waals surface area contributed by atoms with Crippen molar-refractivity contribution in [1.29, 1.82) is 0 Å². The predicted molar refractivity (Wildman–Crippen MR) is 80.5 cm³/mol. The number of hydrogen-bond donors (Lipinski definition) is 0. The van der Waals surface area contributed by atoms with Gasteiger partial charge in [0, 0.05) is 0 Å². The van der Waals surface area contributed by atoms with Crippen molar-refractivity contribution in [2.75, 3.05) is 0 Å². The van der Waals surface area contributed by atoms with Gasteiger partial charge in [-0.1, -0.05) is 67.7 Å². The lowest BCUT2D eigenvalue weighted by Crippen LogP contribution is -2.25. The maximum absolute atomic E-state index is 11.7. The number of benzene rings is 1. The average molecular weight is 324 g/mol. The summed E-state index contributed by atoms with van der Waals surface area (Å²) in [5, 5.41) is 0. The van der Waals surface area contributed by atoms with Crippen molar-refractivity contribution < 1.29 is 9.53 Å². The number of rotatable bonds is 4. The maximum Gasteiger partial charge on any atom is 0.363 e. The standard InChI is InChI=1S/C14H17Cl3O2/c1-4-9-7-10(5-2)12(11(6-3)8-9)19-13(18)14(15,16)17/h7-8H,4-6H2,1-3H3. The lowest BCUT2D eigenvalue weighted by molar-refractivity contribution is -0.133. The average Bonchev–Trinajstić information content (AvgIpc) is 2.37. The molecular formula is C14H17Cl3O2. The Morgan fingerprint density at radius 3 is 1.84 bits per heavy atom. The van der Waals surface area contributed by atoms with Crippen molar-refractivity contribution in [1.82, 2.24) is 0 Å². The van der Waals surface area contributed by atoms with E-state index >= 15 is 0 Å². The summed E-state index contributed by atoms with van der Waals surface area (Å²) in [6.07, 6.45) is 2.44. The second-order valence-corrected chi connectivity index (χ2v) is 6.47. The molecule has 0 amide bonds. The minimum Gasteiger partial charge on any atom is -0.423 e. The minimum atomic E-state index is -2.06. The fourth-order valence-electron chi connectivity index (χ4n) is 1.84. The Labute approximate surface area is 129 Å². The van der Waals surface area contributed by atoms with Crippen LogP contribution in [0.25, 0.3) is 0 Å². The SMILES string of the molecule is CCc1cc(CC)c(OC(=O)C(Cl)(Cl)Cl)c(CC)c1. The van der Waals surface area contributed by atoms with E-state index in [0.717, 1.165) is 30.4 Å². The number of carbonyl (C=O) groups is 1. The van der Waals surface area contributed by atoms with Crippen molar-refractivity contribution in [3.8, 4) is 5.75 Å². The molecule has 0 saturated carbocycles. The van der Waals surface area contributed by atoms with Crippen LogP contribution >= 0.6 is 34.8 Å². The van der Waals surface area contributed by atoms with E-state index < -0.39 is 9.76 Å². The number of aryl methyl sites for hydroxylation is 3. The lowest BCUT2D eigenvalue weighted by atomic mass is 9.99. The highest BCUT2D eigenvalue weighted by Crippen LogP contribution is 2.32. The van der Waals surface area contributed by atoms with Gasteiger partial charge in [-0.05, 0) is 36.0 Å². The summed E-state index contributed by atoms with van der Waals surface area (Å²) in [6.45, 7) is 6.09. The zero-order chi connectivity index (χ0) is 14.6. The molecule has 0 N–H and O–H groups in total. The summed E-state index contributed by atoms with van der Waals surface area (Å²) in [6, 6.07) is 4.06. The van der Waals surface area contributed by atoms with E-state index in [1.807, 2.05) is 26.0 Å². The van der Waals surface area contributed by atoms with Crippen LogP contribution in [0.1, 0.15) is 37.5 Å². The summed E-state index contributed by atoms with van der Waals surface area (Å²) >= 11 is 16.6. The first-order valence-corrected chi connectivity index (χ1v) is 7.40. The number of carbonyl (C=O) groups excluding carboxylic acids is 1. The van der Waals surface area contributed by atoms with E-state index in [0.29, 0.717) is 5.75 Å². The van der Waals surface area contributed by atoms with Gasteiger partial charge in [0.15, 0.2) is 0 Å². The van der Waals surface area contributed by atoms with Gasteiger partial charge in [0.25, 0.3) is 3.79 Å². The van der Waals surface area contributed by atoms with Crippen LogP contribution in [-0.2, 0) is 24.1 Å². The van der Waals surface area contributed by atoms with Crippen molar-refractivity contribution >= 4 is 40.8 Å². The van der Waals surface area contributed by atoms with Gasteiger partial charge in [0.05, 0.1) is 0 Å². The zero-order valence-electron chi connectivity index (χ0n) is 11.2. The summed E-state index contributed by atoms with van der Waals surface area (Å²) in [4.78, 5) is 11.7. The lowest BCUT2D eigenvalue weighted by Gasteiger charge is -2.17. The van der Waals surface area contributed by atoms with E-state index in [2.05, 4.69) is 6.92 Å². The fraction of sp³-hybridized carbons (Fsp3) is 0.500. The molecule has 0 bridgehead atoms. The van der Waals surface area contributed by atoms with Gasteiger partial charge < -0.3 is 4.74 Å². The number of halogens is 3. The van der Waals surface area contributed by atoms with Crippen LogP contribution in [-0.4, -0.2) is 9.76 Å². The highest BCUT2D eigenvalue weighted by atomic mass is 35.6. The molecule has 0 fully saturated rings. The number of hydrogen-bond acceptors (Lipinski definition) is 2. The van der Waals surface area contributed by atoms with Crippen LogP contribution in [0, 0.1) is 0 Å². The molecule has 1 aromatic carbocycles. The van der Waals surface area contributed by atoms with Gasteiger partial charge in [0.2, 0.25) is 0 Å². The van der Waals surface area contributed by atoms with Crippen molar-refractivity contribution in [2.24, 2.45) is 0 Å². The number of esters is 1. The maximum atomic E-state index is 11.7. The second kappa shape index (κ2) is 6.83. The molecule has 0 spiro atoms. The Morgan fingerprint density at radius 1 is 1.05 bits per heavy atom. The van der Waals surface area contributed by atoms with E-state index in [4.69, 9.17) is 39.5 Å². The molecule has 0 atom stereocenters. The van der Waals surface area contributed by atoms with E-state index in [-0.39, 0.29) is 0 Å². The van der Waals surface area contributed by atoms with Crippen LogP contribution in [0.15, 0.2) is 12.1 Å². The quantitative estimate of drug-likeness (QED) is 0.458. The Balaban J connectivity index is 3.21. The van der Waals surface area contributed by atoms with Crippen molar-refractivity contribution in [3.05, 3.63) is 28.8 Å². The highest BCUT2D eigenvalue weighted by Gasteiger charge is 2.34. The summed E-state index contributed by atoms with van der Waals surface area (Å²) in [5.41, 5.74) is 3.12. The predicted octanol–water partition coefficient (Wildman–Crippen LogP) is 4.65. The minimum absolute atomic E-state index is 0.526. The number of alkyl halides is 3. The number of ether oxygens (including phenoxy) is 1. The van der Waals surface area contributed by atoms with Crippen LogP contribution < -0.4 is 4.74 Å². The molecule has 1 aromatic rings. The van der Waals surface area contributed by atoms with Crippen LogP contribution in [0.3, 0.4) is 0 Å². The molecule has 106 valence electrons. The monoisotopic (exact) mass is 322 g/mol. The molecular weight excluding hydrogens is 307 g/mol. The third kappa shape index (κ3) is 4.27. The first-order chi connectivity index (χ1) is 8.83. The van der Waals surface area contributed by atoms with Crippen molar-refractivity contribution in [2.45, 2.75) is 43.8 Å². The van der Waals surface area contributed by atoms with Gasteiger partial charge in [-0.2, -0.15) is 0 Å². The third-order valence-electron chi connectivity index (χ3n) is 2.90. The van der Waals surface area contributed by atoms with Crippen LogP contribution in [0.2, 0.25) is 0 Å². The first kappa shape index (κ1) is 16.6. The van der Waals surface area contributed by atoms with Crippen molar-refractivity contribution in [3.63, 3.8) is 0 Å². The van der Waals surface area contributed by atoms with Gasteiger partial charge >= 0.3 is 5.97 Å². The van der Waals surface area contributed by atoms with E-state index in [1.165, 1.54) is 5.56 Å². The molecule has 0 heterocycles. The molecule has 19 heavy (non-hydrogen) atoms. The normalized spacial score (nSPS) is 11.5. The Bertz CT molecular complexity index is 439. The molecule has 0 aromatic heterocycles. The molecule has 0 aliphatic heterocycles. The first-order valence-electron chi connectivity index (χ1n) is 6.27. The van der Waals surface area contributed by atoms with Gasteiger partial charge in [-0.3, -0.25) is 0 Å². The third-order valence-corrected chi connectivity index (χ3v) is 3.36. The molecule has 0 radical (unpaired) electrons. The Morgan fingerprint density at radius 2 is 1.53 bits per heavy atom. The molecule has 0 aliphatic rings. The molecule has 5 heteroatoms. The van der Waals surface area contributed by atoms with Crippen LogP contribution in [0.5, 0.6) is 5.75 Å². The Hall–Kier alpha value is -0.440. The van der Waals surface area contributed by atoms with E-state index in [1.54, 1.807) is 0 Å². The Kier molecular flexibility index (Phi) is 5.97. The second-order valence-electron chi connectivity index (χ2n) is 4.19. The zero-order valence-corrected chi connectivity index (χ0v) is 13.5. The largest absolute Gasteiger partial charge is 0.423 e. The van der Waals surface area contributed by atoms with Gasteiger partial charge in [-0.25, -0.2) is 4.79 Å². The molecule has 0 aliphatic carbocycles. The summed E-state index contributed by atoms with van der Waals surface area (Å²) in [5.74, 6) is -0.343. The molecule has 2 nitrogen and oxygen atoms in total. The van der Waals surface area contributed by atoms with Gasteiger partial charge in [0.1, 0.15) is 5.75 Å². The smallest absolute Gasteiger partial charge is 0.363 e. The fourth-order valence-corrected chi connectivity index (χ4v) is 1.95. The molecule has 1 rings (SSSR count). The van der Waals surface area contributed by atoms with Gasteiger partial charge in [-0.15, -0.1) is 0 Å².